The van der Waals surface area contributed by atoms with Crippen LogP contribution < -0.4 is 0 Å². The maximum absolute atomic E-state index is 13.1. The molecule has 0 unspecified atom stereocenters. The average Bonchev–Trinajstić information content (AvgIpc) is 3.56. The Morgan fingerprint density at radius 2 is 1.43 bits per heavy atom. The van der Waals surface area contributed by atoms with Crippen LogP contribution in [0.5, 0.6) is 0 Å². The van der Waals surface area contributed by atoms with Crippen molar-refractivity contribution in [3.05, 3.63) is 35.4 Å². The second-order valence-electron chi connectivity index (χ2n) is 7.50. The highest BCUT2D eigenvalue weighted by atomic mass is 16.6. The van der Waals surface area contributed by atoms with E-state index in [1.807, 2.05) is 20.8 Å². The van der Waals surface area contributed by atoms with Crippen LogP contribution in [0, 0.1) is 5.92 Å². The third-order valence-electron chi connectivity index (χ3n) is 5.09. The van der Waals surface area contributed by atoms with Gasteiger partial charge in [-0.2, -0.15) is 0 Å². The van der Waals surface area contributed by atoms with Crippen molar-refractivity contribution >= 4 is 17.7 Å². The zero-order valence-corrected chi connectivity index (χ0v) is 17.3. The van der Waals surface area contributed by atoms with E-state index in [2.05, 4.69) is 0 Å². The molecule has 0 amide bonds. The fraction of sp³-hybridized carbons (Fsp3) is 0.609. The molecule has 2 rings (SSSR count). The Morgan fingerprint density at radius 1 is 0.893 bits per heavy atom. The SMILES string of the molecule is CCCCC(C(=O)OCCC)(C(=O)OCCC)c1ccc(C(=O)C2CC2)cc1. The van der Waals surface area contributed by atoms with Gasteiger partial charge < -0.3 is 9.47 Å². The van der Waals surface area contributed by atoms with Gasteiger partial charge in [-0.1, -0.05) is 57.9 Å². The first-order valence-electron chi connectivity index (χ1n) is 10.5. The first-order valence-corrected chi connectivity index (χ1v) is 10.5. The molecule has 1 saturated carbocycles. The van der Waals surface area contributed by atoms with E-state index < -0.39 is 17.4 Å². The lowest BCUT2D eigenvalue weighted by Crippen LogP contribution is -2.46. The second-order valence-corrected chi connectivity index (χ2v) is 7.50. The minimum Gasteiger partial charge on any atom is -0.465 e. The van der Waals surface area contributed by atoms with Gasteiger partial charge in [0.25, 0.3) is 0 Å². The van der Waals surface area contributed by atoms with Gasteiger partial charge in [0.15, 0.2) is 11.2 Å². The number of Topliss-reactive ketones (excluding diaryl/α,β-unsaturated/α-hetero) is 1. The largest absolute Gasteiger partial charge is 0.465 e. The summed E-state index contributed by atoms with van der Waals surface area (Å²) in [4.78, 5) is 38.5. The number of ether oxygens (including phenoxy) is 2. The Bertz CT molecular complexity index is 653. The molecule has 1 aromatic rings. The van der Waals surface area contributed by atoms with E-state index in [9.17, 15) is 14.4 Å². The number of ketones is 1. The van der Waals surface area contributed by atoms with Gasteiger partial charge in [0.1, 0.15) is 0 Å². The molecule has 0 bridgehead atoms. The summed E-state index contributed by atoms with van der Waals surface area (Å²) in [5.74, 6) is -0.872. The Kier molecular flexibility index (Phi) is 8.21. The summed E-state index contributed by atoms with van der Waals surface area (Å²) in [6.45, 7) is 6.35. The summed E-state index contributed by atoms with van der Waals surface area (Å²) in [6, 6.07) is 6.87. The second kappa shape index (κ2) is 10.4. The first-order chi connectivity index (χ1) is 13.5. The molecule has 0 aromatic heterocycles. The molecule has 1 aromatic carbocycles. The number of unbranched alkanes of at least 4 members (excludes halogenated alkanes) is 1. The molecule has 1 fully saturated rings. The van der Waals surface area contributed by atoms with E-state index in [1.165, 1.54) is 0 Å². The first kappa shape index (κ1) is 22.1. The summed E-state index contributed by atoms with van der Waals surface area (Å²) in [5, 5.41) is 0. The minimum absolute atomic E-state index is 0.125. The number of carbonyl (C=O) groups excluding carboxylic acids is 3. The van der Waals surface area contributed by atoms with Crippen LogP contribution in [-0.4, -0.2) is 30.9 Å². The summed E-state index contributed by atoms with van der Waals surface area (Å²) in [6.07, 6.45) is 5.07. The van der Waals surface area contributed by atoms with E-state index in [-0.39, 0.29) is 24.9 Å². The smallest absolute Gasteiger partial charge is 0.328 e. The van der Waals surface area contributed by atoms with Crippen LogP contribution in [0.3, 0.4) is 0 Å². The molecule has 28 heavy (non-hydrogen) atoms. The zero-order chi connectivity index (χ0) is 20.6. The lowest BCUT2D eigenvalue weighted by molar-refractivity contribution is -0.166. The average molecular weight is 389 g/mol. The van der Waals surface area contributed by atoms with Crippen molar-refractivity contribution in [2.24, 2.45) is 5.92 Å². The van der Waals surface area contributed by atoms with E-state index in [0.29, 0.717) is 36.8 Å². The predicted molar refractivity (Wildman–Crippen MR) is 107 cm³/mol. The number of hydrogen-bond donors (Lipinski definition) is 0. The molecule has 0 saturated heterocycles. The molecule has 0 heterocycles. The van der Waals surface area contributed by atoms with Crippen molar-refractivity contribution in [3.63, 3.8) is 0 Å². The van der Waals surface area contributed by atoms with Crippen molar-refractivity contribution in [1.82, 2.24) is 0 Å². The Balaban J connectivity index is 2.41. The van der Waals surface area contributed by atoms with Crippen molar-refractivity contribution in [2.75, 3.05) is 13.2 Å². The van der Waals surface area contributed by atoms with Crippen molar-refractivity contribution < 1.29 is 23.9 Å². The Morgan fingerprint density at radius 3 is 1.86 bits per heavy atom. The standard InChI is InChI=1S/C23H32O5/c1-4-7-14-23(21(25)27-15-5-2,22(26)28-16-6-3)19-12-10-18(11-13-19)20(24)17-8-9-17/h10-13,17H,4-9,14-16H2,1-3H3. The van der Waals surface area contributed by atoms with E-state index in [4.69, 9.17) is 9.47 Å². The third kappa shape index (κ3) is 5.00. The highest BCUT2D eigenvalue weighted by Gasteiger charge is 2.50. The monoisotopic (exact) mass is 388 g/mol. The molecule has 0 atom stereocenters. The lowest BCUT2D eigenvalue weighted by atomic mass is 9.75. The van der Waals surface area contributed by atoms with Crippen molar-refractivity contribution in [2.45, 2.75) is 71.1 Å². The lowest BCUT2D eigenvalue weighted by Gasteiger charge is -2.30. The topological polar surface area (TPSA) is 69.7 Å². The van der Waals surface area contributed by atoms with Crippen LogP contribution in [-0.2, 0) is 24.5 Å². The Labute approximate surface area is 167 Å². The van der Waals surface area contributed by atoms with Crippen LogP contribution in [0.25, 0.3) is 0 Å². The van der Waals surface area contributed by atoms with Crippen LogP contribution in [0.15, 0.2) is 24.3 Å². The zero-order valence-electron chi connectivity index (χ0n) is 17.3. The molecule has 0 N–H and O–H groups in total. The maximum atomic E-state index is 13.1. The van der Waals surface area contributed by atoms with Gasteiger partial charge >= 0.3 is 11.9 Å². The van der Waals surface area contributed by atoms with Crippen LogP contribution >= 0.6 is 0 Å². The fourth-order valence-electron chi connectivity index (χ4n) is 3.25. The van der Waals surface area contributed by atoms with Crippen LogP contribution in [0.1, 0.15) is 81.6 Å². The normalized spacial score (nSPS) is 13.8. The molecule has 0 radical (unpaired) electrons. The number of hydrogen-bond acceptors (Lipinski definition) is 5. The minimum atomic E-state index is -1.48. The Hall–Kier alpha value is -2.17. The van der Waals surface area contributed by atoms with Gasteiger partial charge in [-0.15, -0.1) is 0 Å². The number of esters is 2. The van der Waals surface area contributed by atoms with Crippen molar-refractivity contribution in [3.8, 4) is 0 Å². The van der Waals surface area contributed by atoms with E-state index in [0.717, 1.165) is 19.3 Å². The van der Waals surface area contributed by atoms with Crippen LogP contribution in [0.4, 0.5) is 0 Å². The fourth-order valence-corrected chi connectivity index (χ4v) is 3.25. The van der Waals surface area contributed by atoms with E-state index >= 15 is 0 Å². The van der Waals surface area contributed by atoms with Crippen molar-refractivity contribution in [1.29, 1.82) is 0 Å². The third-order valence-corrected chi connectivity index (χ3v) is 5.09. The molecule has 5 heteroatoms. The summed E-state index contributed by atoms with van der Waals surface area (Å²) in [7, 11) is 0. The molecular formula is C23H32O5. The van der Waals surface area contributed by atoms with Gasteiger partial charge in [0.05, 0.1) is 13.2 Å². The van der Waals surface area contributed by atoms with Gasteiger partial charge in [0.2, 0.25) is 0 Å². The number of benzene rings is 1. The quantitative estimate of drug-likeness (QED) is 0.297. The number of carbonyl (C=O) groups is 3. The van der Waals surface area contributed by atoms with Gasteiger partial charge in [-0.25, -0.2) is 0 Å². The molecule has 1 aliphatic carbocycles. The number of rotatable bonds is 12. The summed E-state index contributed by atoms with van der Waals surface area (Å²) in [5.41, 5.74) is -0.323. The summed E-state index contributed by atoms with van der Waals surface area (Å²) >= 11 is 0. The van der Waals surface area contributed by atoms with Gasteiger partial charge in [0, 0.05) is 11.5 Å². The van der Waals surface area contributed by atoms with Gasteiger partial charge in [-0.05, 0) is 37.7 Å². The molecule has 0 spiro atoms. The highest BCUT2D eigenvalue weighted by Crippen LogP contribution is 2.36. The maximum Gasteiger partial charge on any atom is 0.328 e. The molecule has 5 nitrogen and oxygen atoms in total. The van der Waals surface area contributed by atoms with E-state index in [1.54, 1.807) is 24.3 Å². The molecule has 0 aliphatic heterocycles. The summed E-state index contributed by atoms with van der Waals surface area (Å²) < 4.78 is 10.9. The predicted octanol–water partition coefficient (Wildman–Crippen LogP) is 4.61. The highest BCUT2D eigenvalue weighted by molar-refractivity contribution is 6.06. The molecule has 154 valence electrons. The van der Waals surface area contributed by atoms with Gasteiger partial charge in [-0.3, -0.25) is 14.4 Å². The van der Waals surface area contributed by atoms with Crippen LogP contribution in [0.2, 0.25) is 0 Å². The molecular weight excluding hydrogens is 356 g/mol. The molecule has 1 aliphatic rings.